The third-order valence-electron chi connectivity index (χ3n) is 7.16. The summed E-state index contributed by atoms with van der Waals surface area (Å²) in [5, 5.41) is 13.7. The zero-order chi connectivity index (χ0) is 23.2. The molecule has 0 radical (unpaired) electrons. The number of carbonyl (C=O) groups is 3. The number of likely N-dealkylation sites (tertiary alicyclic amines) is 1. The molecule has 1 aromatic carbocycles. The number of benzene rings is 1. The molecule has 2 aromatic rings. The second-order valence-electron chi connectivity index (χ2n) is 9.28. The first kappa shape index (κ1) is 21.7. The number of aliphatic hydroxyl groups is 1. The van der Waals surface area contributed by atoms with Gasteiger partial charge in [-0.05, 0) is 43.9 Å². The zero-order valence-corrected chi connectivity index (χ0v) is 18.7. The maximum atomic E-state index is 13.1. The van der Waals surface area contributed by atoms with E-state index in [1.165, 1.54) is 10.5 Å². The Morgan fingerprint density at radius 1 is 1.09 bits per heavy atom. The molecule has 0 bridgehead atoms. The van der Waals surface area contributed by atoms with Crippen LogP contribution >= 0.6 is 0 Å². The zero-order valence-electron chi connectivity index (χ0n) is 18.7. The van der Waals surface area contributed by atoms with Gasteiger partial charge in [0.2, 0.25) is 11.8 Å². The van der Waals surface area contributed by atoms with Crippen molar-refractivity contribution in [3.8, 4) is 0 Å². The van der Waals surface area contributed by atoms with Gasteiger partial charge in [-0.1, -0.05) is 30.3 Å². The lowest BCUT2D eigenvalue weighted by molar-refractivity contribution is -0.137. The Morgan fingerprint density at radius 3 is 2.52 bits per heavy atom. The van der Waals surface area contributed by atoms with E-state index in [9.17, 15) is 19.5 Å². The summed E-state index contributed by atoms with van der Waals surface area (Å²) < 4.78 is 0. The average molecular weight is 449 g/mol. The number of imide groups is 1. The molecule has 8 nitrogen and oxygen atoms in total. The first-order valence-electron chi connectivity index (χ1n) is 11.5. The van der Waals surface area contributed by atoms with E-state index in [0.717, 1.165) is 19.6 Å². The van der Waals surface area contributed by atoms with Crippen LogP contribution in [-0.2, 0) is 21.7 Å². The van der Waals surface area contributed by atoms with Crippen LogP contribution in [0.3, 0.4) is 0 Å². The van der Waals surface area contributed by atoms with Gasteiger partial charge in [-0.15, -0.1) is 0 Å². The summed E-state index contributed by atoms with van der Waals surface area (Å²) in [6.45, 7) is 4.19. The highest BCUT2D eigenvalue weighted by molar-refractivity contribution is 6.05. The van der Waals surface area contributed by atoms with Gasteiger partial charge in [-0.3, -0.25) is 29.6 Å². The monoisotopic (exact) mass is 448 g/mol. The van der Waals surface area contributed by atoms with Crippen LogP contribution in [0.2, 0.25) is 0 Å². The highest BCUT2D eigenvalue weighted by Crippen LogP contribution is 2.38. The normalized spacial score (nSPS) is 25.2. The Morgan fingerprint density at radius 2 is 1.82 bits per heavy atom. The topological polar surface area (TPSA) is 103 Å². The molecule has 1 unspecified atom stereocenters. The number of hydrogen-bond acceptors (Lipinski definition) is 6. The molecular weight excluding hydrogens is 420 g/mol. The molecule has 2 fully saturated rings. The standard InChI is InChI=1S/C25H28N4O4/c1-16-22-18(24(32)29(16)19-8-10-21(30)27-23(19)31)7-9-20(26-22)25(33)11-13-28(14-12-25)15-17-5-3-2-4-6-17/h2-7,9,16,19,33H,8,10-15H2,1H3,(H,27,30,31)/t16-,19?/m0/s1. The van der Waals surface area contributed by atoms with Crippen LogP contribution in [0.1, 0.15) is 66.0 Å². The number of pyridine rings is 1. The molecule has 3 aliphatic rings. The minimum Gasteiger partial charge on any atom is -0.383 e. The van der Waals surface area contributed by atoms with Crippen LogP contribution < -0.4 is 5.32 Å². The summed E-state index contributed by atoms with van der Waals surface area (Å²) >= 11 is 0. The van der Waals surface area contributed by atoms with E-state index >= 15 is 0 Å². The van der Waals surface area contributed by atoms with Crippen molar-refractivity contribution in [1.82, 2.24) is 20.1 Å². The van der Waals surface area contributed by atoms with Crippen molar-refractivity contribution in [3.63, 3.8) is 0 Å². The van der Waals surface area contributed by atoms with E-state index < -0.39 is 23.6 Å². The highest BCUT2D eigenvalue weighted by Gasteiger charge is 2.45. The first-order valence-corrected chi connectivity index (χ1v) is 11.5. The molecule has 5 rings (SSSR count). The number of carbonyl (C=O) groups excluding carboxylic acids is 3. The van der Waals surface area contributed by atoms with Crippen LogP contribution in [0.5, 0.6) is 0 Å². The molecule has 33 heavy (non-hydrogen) atoms. The van der Waals surface area contributed by atoms with Gasteiger partial charge in [-0.2, -0.15) is 0 Å². The molecule has 2 saturated heterocycles. The molecule has 0 aliphatic carbocycles. The Bertz CT molecular complexity index is 1090. The van der Waals surface area contributed by atoms with Crippen LogP contribution in [0.15, 0.2) is 42.5 Å². The van der Waals surface area contributed by atoms with E-state index in [-0.39, 0.29) is 18.2 Å². The van der Waals surface area contributed by atoms with Gasteiger partial charge >= 0.3 is 0 Å². The summed E-state index contributed by atoms with van der Waals surface area (Å²) in [6.07, 6.45) is 1.64. The van der Waals surface area contributed by atoms with E-state index in [1.807, 2.05) is 25.1 Å². The number of fused-ring (bicyclic) bond motifs is 1. The number of piperidine rings is 2. The molecule has 8 heteroatoms. The molecule has 4 heterocycles. The molecular formula is C25H28N4O4. The van der Waals surface area contributed by atoms with Gasteiger partial charge in [0.15, 0.2) is 0 Å². The summed E-state index contributed by atoms with van der Waals surface area (Å²) in [5.74, 6) is -1.01. The van der Waals surface area contributed by atoms with E-state index in [2.05, 4.69) is 22.3 Å². The maximum absolute atomic E-state index is 13.1. The lowest BCUT2D eigenvalue weighted by Gasteiger charge is -2.38. The number of rotatable bonds is 4. The molecule has 0 spiro atoms. The van der Waals surface area contributed by atoms with Crippen molar-refractivity contribution >= 4 is 17.7 Å². The van der Waals surface area contributed by atoms with E-state index in [1.54, 1.807) is 12.1 Å². The number of nitrogens with one attached hydrogen (secondary N) is 1. The second kappa shape index (κ2) is 8.35. The predicted molar refractivity (Wildman–Crippen MR) is 120 cm³/mol. The van der Waals surface area contributed by atoms with E-state index in [4.69, 9.17) is 4.98 Å². The first-order chi connectivity index (χ1) is 15.9. The third kappa shape index (κ3) is 3.94. The van der Waals surface area contributed by atoms with Gasteiger partial charge in [0.1, 0.15) is 11.6 Å². The van der Waals surface area contributed by atoms with Gasteiger partial charge < -0.3 is 10.0 Å². The molecule has 3 amide bonds. The van der Waals surface area contributed by atoms with Gasteiger partial charge in [0, 0.05) is 26.1 Å². The van der Waals surface area contributed by atoms with Crippen molar-refractivity contribution < 1.29 is 19.5 Å². The largest absolute Gasteiger partial charge is 0.383 e. The van der Waals surface area contributed by atoms with E-state index in [0.29, 0.717) is 36.2 Å². The van der Waals surface area contributed by atoms with Gasteiger partial charge in [0.05, 0.1) is 23.0 Å². The van der Waals surface area contributed by atoms with Crippen LogP contribution in [0.4, 0.5) is 0 Å². The number of amides is 3. The molecule has 0 saturated carbocycles. The number of hydrogen-bond donors (Lipinski definition) is 2. The third-order valence-corrected chi connectivity index (χ3v) is 7.16. The van der Waals surface area contributed by atoms with Gasteiger partial charge in [0.25, 0.3) is 5.91 Å². The Hall–Kier alpha value is -3.10. The van der Waals surface area contributed by atoms with Crippen molar-refractivity contribution in [3.05, 3.63) is 65.0 Å². The fourth-order valence-electron chi connectivity index (χ4n) is 5.22. The Labute approximate surface area is 192 Å². The second-order valence-corrected chi connectivity index (χ2v) is 9.28. The van der Waals surface area contributed by atoms with Crippen LogP contribution in [-0.4, -0.2) is 56.7 Å². The fourth-order valence-corrected chi connectivity index (χ4v) is 5.22. The fraction of sp³-hybridized carbons (Fsp3) is 0.440. The van der Waals surface area contributed by atoms with Crippen molar-refractivity contribution in [1.29, 1.82) is 0 Å². The lowest BCUT2D eigenvalue weighted by Crippen LogP contribution is -2.53. The summed E-state index contributed by atoms with van der Waals surface area (Å²) in [6, 6.07) is 12.7. The summed E-state index contributed by atoms with van der Waals surface area (Å²) in [4.78, 5) is 45.6. The van der Waals surface area contributed by atoms with Gasteiger partial charge in [-0.25, -0.2) is 0 Å². The van der Waals surface area contributed by atoms with Crippen LogP contribution in [0.25, 0.3) is 0 Å². The molecule has 2 atom stereocenters. The quantitative estimate of drug-likeness (QED) is 0.693. The highest BCUT2D eigenvalue weighted by atomic mass is 16.3. The van der Waals surface area contributed by atoms with Crippen molar-refractivity contribution in [2.45, 2.75) is 56.8 Å². The molecule has 2 N–H and O–H groups in total. The molecule has 1 aromatic heterocycles. The maximum Gasteiger partial charge on any atom is 0.257 e. The lowest BCUT2D eigenvalue weighted by atomic mass is 9.87. The van der Waals surface area contributed by atoms with Crippen molar-refractivity contribution in [2.75, 3.05) is 13.1 Å². The molecule has 172 valence electrons. The van der Waals surface area contributed by atoms with Crippen LogP contribution in [0, 0.1) is 0 Å². The Balaban J connectivity index is 1.32. The Kier molecular flexibility index (Phi) is 5.50. The minimum atomic E-state index is -1.05. The minimum absolute atomic E-state index is 0.209. The summed E-state index contributed by atoms with van der Waals surface area (Å²) in [5.41, 5.74) is 1.82. The number of aromatic nitrogens is 1. The smallest absolute Gasteiger partial charge is 0.257 e. The number of nitrogens with zero attached hydrogens (tertiary/aromatic N) is 3. The SMILES string of the molecule is C[C@H]1c2nc(C3(O)CCN(Cc4ccccc4)CC3)ccc2C(=O)N1C1CCC(=O)NC1=O. The summed E-state index contributed by atoms with van der Waals surface area (Å²) in [7, 11) is 0. The predicted octanol–water partition coefficient (Wildman–Crippen LogP) is 1.89. The molecule has 3 aliphatic heterocycles. The average Bonchev–Trinajstić information content (AvgIpc) is 3.06. The van der Waals surface area contributed by atoms with Crippen molar-refractivity contribution in [2.24, 2.45) is 0 Å².